The summed E-state index contributed by atoms with van der Waals surface area (Å²) in [6, 6.07) is 5.57. The quantitative estimate of drug-likeness (QED) is 0.541. The van der Waals surface area contributed by atoms with E-state index in [2.05, 4.69) is 20.6 Å². The monoisotopic (exact) mass is 430 g/mol. The molecule has 0 atom stereocenters. The number of thiazole rings is 1. The van der Waals surface area contributed by atoms with Crippen LogP contribution in [0.5, 0.6) is 0 Å². The zero-order chi connectivity index (χ0) is 20.3. The Kier molecular flexibility index (Phi) is 5.80. The van der Waals surface area contributed by atoms with Crippen LogP contribution in [0.2, 0.25) is 5.02 Å². The molecule has 0 aliphatic rings. The number of amides is 1. The van der Waals surface area contributed by atoms with E-state index < -0.39 is 23.5 Å². The van der Waals surface area contributed by atoms with E-state index in [-0.39, 0.29) is 12.1 Å². The van der Waals surface area contributed by atoms with Crippen LogP contribution in [0, 0.1) is 5.82 Å². The summed E-state index contributed by atoms with van der Waals surface area (Å²) >= 11 is 6.99. The van der Waals surface area contributed by atoms with Crippen molar-refractivity contribution in [2.45, 2.75) is 12.6 Å². The van der Waals surface area contributed by atoms with E-state index in [4.69, 9.17) is 11.6 Å². The maximum Gasteiger partial charge on any atom is 0.419 e. The van der Waals surface area contributed by atoms with Crippen molar-refractivity contribution in [1.29, 1.82) is 0 Å². The van der Waals surface area contributed by atoms with Gasteiger partial charge in [-0.1, -0.05) is 11.6 Å². The third-order valence-electron chi connectivity index (χ3n) is 3.41. The summed E-state index contributed by atoms with van der Waals surface area (Å²) in [7, 11) is 0. The Balaban J connectivity index is 1.63. The third kappa shape index (κ3) is 5.17. The van der Waals surface area contributed by atoms with Crippen molar-refractivity contribution in [1.82, 2.24) is 9.97 Å². The van der Waals surface area contributed by atoms with Crippen LogP contribution in [-0.4, -0.2) is 15.9 Å². The molecule has 0 radical (unpaired) electrons. The first-order valence-electron chi connectivity index (χ1n) is 7.70. The van der Waals surface area contributed by atoms with E-state index in [0.29, 0.717) is 33.8 Å². The van der Waals surface area contributed by atoms with Crippen molar-refractivity contribution in [3.63, 3.8) is 0 Å². The summed E-state index contributed by atoms with van der Waals surface area (Å²) in [6.45, 7) is 0. The molecule has 0 fully saturated rings. The Hall–Kier alpha value is -2.72. The predicted octanol–water partition coefficient (Wildman–Crippen LogP) is 5.27. The van der Waals surface area contributed by atoms with Gasteiger partial charge in [-0.05, 0) is 30.3 Å². The second-order valence-corrected chi connectivity index (χ2v) is 6.84. The second kappa shape index (κ2) is 8.11. The van der Waals surface area contributed by atoms with Crippen molar-refractivity contribution in [3.05, 3.63) is 64.0 Å². The fourth-order valence-corrected chi connectivity index (χ4v) is 3.02. The fraction of sp³-hybridized carbons (Fsp3) is 0.118. The molecule has 0 saturated carbocycles. The van der Waals surface area contributed by atoms with E-state index in [1.807, 2.05) is 0 Å². The Bertz CT molecular complexity index is 992. The van der Waals surface area contributed by atoms with E-state index in [9.17, 15) is 22.4 Å². The summed E-state index contributed by atoms with van der Waals surface area (Å²) in [6.07, 6.45) is -3.55. The molecule has 3 aromatic rings. The highest BCUT2D eigenvalue weighted by Gasteiger charge is 2.34. The van der Waals surface area contributed by atoms with Gasteiger partial charge in [-0.3, -0.25) is 4.79 Å². The number of carbonyl (C=O) groups excluding carboxylic acids is 1. The number of carbonyl (C=O) groups is 1. The first-order chi connectivity index (χ1) is 13.2. The molecule has 0 unspecified atom stereocenters. The van der Waals surface area contributed by atoms with Crippen molar-refractivity contribution in [3.8, 4) is 0 Å². The van der Waals surface area contributed by atoms with Crippen LogP contribution < -0.4 is 10.6 Å². The summed E-state index contributed by atoms with van der Waals surface area (Å²) in [4.78, 5) is 20.3. The van der Waals surface area contributed by atoms with Crippen LogP contribution in [0.1, 0.15) is 11.3 Å². The van der Waals surface area contributed by atoms with Gasteiger partial charge >= 0.3 is 6.18 Å². The molecule has 2 heterocycles. The highest BCUT2D eigenvalue weighted by atomic mass is 35.5. The molecule has 1 aromatic carbocycles. The number of alkyl halides is 3. The SMILES string of the molecule is O=C(Cc1csc(Nc2ccc(Cl)cn2)n1)Nc1ccc(F)c(C(F)(F)F)c1. The summed E-state index contributed by atoms with van der Waals surface area (Å²) < 4.78 is 51.5. The summed E-state index contributed by atoms with van der Waals surface area (Å²) in [5.74, 6) is -1.47. The maximum atomic E-state index is 13.3. The molecule has 3 rings (SSSR count). The lowest BCUT2D eigenvalue weighted by Gasteiger charge is -2.10. The Morgan fingerprint density at radius 2 is 2.00 bits per heavy atom. The minimum absolute atomic E-state index is 0.155. The van der Waals surface area contributed by atoms with Gasteiger partial charge in [0, 0.05) is 17.3 Å². The van der Waals surface area contributed by atoms with Crippen LogP contribution >= 0.6 is 22.9 Å². The van der Waals surface area contributed by atoms with E-state index in [0.717, 1.165) is 6.07 Å². The molecular formula is C17H11ClF4N4OS. The number of nitrogens with one attached hydrogen (secondary N) is 2. The number of rotatable bonds is 5. The molecule has 0 bridgehead atoms. The van der Waals surface area contributed by atoms with E-state index in [1.54, 1.807) is 17.5 Å². The normalized spacial score (nSPS) is 11.3. The lowest BCUT2D eigenvalue weighted by molar-refractivity contribution is -0.140. The van der Waals surface area contributed by atoms with Crippen LogP contribution in [0.4, 0.5) is 34.2 Å². The van der Waals surface area contributed by atoms with Gasteiger partial charge < -0.3 is 10.6 Å². The van der Waals surface area contributed by atoms with Gasteiger partial charge in [0.2, 0.25) is 5.91 Å². The number of benzene rings is 1. The molecule has 2 N–H and O–H groups in total. The van der Waals surface area contributed by atoms with Crippen LogP contribution in [0.25, 0.3) is 0 Å². The number of halogens is 5. The lowest BCUT2D eigenvalue weighted by Crippen LogP contribution is -2.16. The zero-order valence-electron chi connectivity index (χ0n) is 13.8. The molecule has 146 valence electrons. The van der Waals surface area contributed by atoms with Gasteiger partial charge in [0.1, 0.15) is 11.6 Å². The first kappa shape index (κ1) is 20.0. The average Bonchev–Trinajstić information content (AvgIpc) is 3.04. The number of anilines is 3. The van der Waals surface area contributed by atoms with E-state index >= 15 is 0 Å². The molecule has 0 spiro atoms. The van der Waals surface area contributed by atoms with Crippen LogP contribution in [0.15, 0.2) is 41.9 Å². The van der Waals surface area contributed by atoms with Crippen LogP contribution in [0.3, 0.4) is 0 Å². The Morgan fingerprint density at radius 3 is 2.68 bits per heavy atom. The van der Waals surface area contributed by atoms with Crippen molar-refractivity contribution in [2.24, 2.45) is 0 Å². The van der Waals surface area contributed by atoms with Gasteiger partial charge in [-0.15, -0.1) is 11.3 Å². The van der Waals surface area contributed by atoms with Gasteiger partial charge in [0.05, 0.1) is 22.7 Å². The minimum atomic E-state index is -4.85. The number of aromatic nitrogens is 2. The molecule has 0 aliphatic heterocycles. The van der Waals surface area contributed by atoms with Crippen molar-refractivity contribution >= 4 is 45.5 Å². The molecule has 1 amide bonds. The lowest BCUT2D eigenvalue weighted by atomic mass is 10.1. The highest BCUT2D eigenvalue weighted by molar-refractivity contribution is 7.13. The number of hydrogen-bond acceptors (Lipinski definition) is 5. The zero-order valence-corrected chi connectivity index (χ0v) is 15.4. The van der Waals surface area contributed by atoms with E-state index in [1.165, 1.54) is 17.5 Å². The number of nitrogens with zero attached hydrogens (tertiary/aromatic N) is 2. The fourth-order valence-electron chi connectivity index (χ4n) is 2.19. The maximum absolute atomic E-state index is 13.3. The Labute approximate surface area is 165 Å². The first-order valence-corrected chi connectivity index (χ1v) is 8.96. The van der Waals surface area contributed by atoms with Gasteiger partial charge in [0.15, 0.2) is 5.13 Å². The molecule has 11 heteroatoms. The minimum Gasteiger partial charge on any atom is -0.326 e. The van der Waals surface area contributed by atoms with Gasteiger partial charge in [0.25, 0.3) is 0 Å². The topological polar surface area (TPSA) is 66.9 Å². The van der Waals surface area contributed by atoms with Crippen molar-refractivity contribution < 1.29 is 22.4 Å². The molecule has 5 nitrogen and oxygen atoms in total. The van der Waals surface area contributed by atoms with Crippen molar-refractivity contribution in [2.75, 3.05) is 10.6 Å². The highest BCUT2D eigenvalue weighted by Crippen LogP contribution is 2.33. The van der Waals surface area contributed by atoms with Gasteiger partial charge in [-0.25, -0.2) is 14.4 Å². The largest absolute Gasteiger partial charge is 0.419 e. The second-order valence-electron chi connectivity index (χ2n) is 5.55. The molecular weight excluding hydrogens is 420 g/mol. The average molecular weight is 431 g/mol. The number of pyridine rings is 1. The molecule has 28 heavy (non-hydrogen) atoms. The standard InChI is InChI=1S/C17H11ClF4N4OS/c18-9-1-4-14(23-7-9)26-16-25-11(8-28-16)6-15(27)24-10-2-3-13(19)12(5-10)17(20,21)22/h1-5,7-8H,6H2,(H,24,27)(H,23,25,26). The third-order valence-corrected chi connectivity index (χ3v) is 4.44. The van der Waals surface area contributed by atoms with Crippen LogP contribution in [-0.2, 0) is 17.4 Å². The smallest absolute Gasteiger partial charge is 0.326 e. The van der Waals surface area contributed by atoms with Gasteiger partial charge in [-0.2, -0.15) is 13.2 Å². The predicted molar refractivity (Wildman–Crippen MR) is 98.4 cm³/mol. The molecule has 0 saturated heterocycles. The summed E-state index contributed by atoms with van der Waals surface area (Å²) in [5.41, 5.74) is -1.18. The summed E-state index contributed by atoms with van der Waals surface area (Å²) in [5, 5.41) is 7.85. The molecule has 0 aliphatic carbocycles. The Morgan fingerprint density at radius 1 is 1.21 bits per heavy atom. The molecule has 2 aromatic heterocycles. The number of hydrogen-bond donors (Lipinski definition) is 2.